The van der Waals surface area contributed by atoms with Gasteiger partial charge < -0.3 is 14.7 Å². The Morgan fingerprint density at radius 1 is 1.21 bits per heavy atom. The van der Waals surface area contributed by atoms with Gasteiger partial charge in [-0.2, -0.15) is 0 Å². The second-order valence-electron chi connectivity index (χ2n) is 5.74. The molecular formula is C15H19NO3. The van der Waals surface area contributed by atoms with Crippen LogP contribution in [0.2, 0.25) is 0 Å². The smallest absolute Gasteiger partial charge is 0.341 e. The van der Waals surface area contributed by atoms with Gasteiger partial charge >= 0.3 is 5.97 Å². The Morgan fingerprint density at radius 2 is 1.84 bits per heavy atom. The summed E-state index contributed by atoms with van der Waals surface area (Å²) in [5.74, 6) is -0.336. The van der Waals surface area contributed by atoms with E-state index in [4.69, 9.17) is 9.84 Å². The molecule has 19 heavy (non-hydrogen) atoms. The Hall–Kier alpha value is -1.71. The lowest BCUT2D eigenvalue weighted by Crippen LogP contribution is -2.55. The highest BCUT2D eigenvalue weighted by atomic mass is 16.5. The minimum Gasteiger partial charge on any atom is -0.482 e. The summed E-state index contributed by atoms with van der Waals surface area (Å²) >= 11 is 0. The summed E-state index contributed by atoms with van der Waals surface area (Å²) in [6.07, 6.45) is 5.53. The van der Waals surface area contributed by atoms with Crippen molar-refractivity contribution in [2.75, 3.05) is 24.6 Å². The number of carbonyl (C=O) groups is 1. The number of rotatable bonds is 4. The molecule has 102 valence electrons. The average molecular weight is 261 g/mol. The number of carboxylic acids is 1. The van der Waals surface area contributed by atoms with Gasteiger partial charge in [0, 0.05) is 24.2 Å². The van der Waals surface area contributed by atoms with E-state index in [0.717, 1.165) is 0 Å². The van der Waals surface area contributed by atoms with Crippen LogP contribution in [0.5, 0.6) is 5.75 Å². The van der Waals surface area contributed by atoms with Crippen molar-refractivity contribution in [3.63, 3.8) is 0 Å². The number of benzene rings is 1. The van der Waals surface area contributed by atoms with Crippen molar-refractivity contribution >= 4 is 11.7 Å². The van der Waals surface area contributed by atoms with E-state index in [0.29, 0.717) is 11.2 Å². The first-order chi connectivity index (χ1) is 9.17. The lowest BCUT2D eigenvalue weighted by atomic mass is 9.78. The molecule has 0 bridgehead atoms. The summed E-state index contributed by atoms with van der Waals surface area (Å²) in [6.45, 7) is 2.05. The normalized spacial score (nSPS) is 20.3. The fraction of sp³-hybridized carbons (Fsp3) is 0.533. The summed E-state index contributed by atoms with van der Waals surface area (Å²) in [5, 5.41) is 8.55. The lowest BCUT2D eigenvalue weighted by Gasteiger charge is -2.49. The number of ether oxygens (including phenoxy) is 1. The minimum absolute atomic E-state index is 0.286. The maximum Gasteiger partial charge on any atom is 0.341 e. The summed E-state index contributed by atoms with van der Waals surface area (Å²) in [6, 6.07) is 7.72. The van der Waals surface area contributed by atoms with Crippen molar-refractivity contribution in [2.45, 2.75) is 25.7 Å². The molecule has 1 aliphatic carbocycles. The Bertz CT molecular complexity index is 455. The van der Waals surface area contributed by atoms with Gasteiger partial charge in [-0.05, 0) is 37.1 Å². The quantitative estimate of drug-likeness (QED) is 0.905. The molecule has 4 nitrogen and oxygen atoms in total. The predicted molar refractivity (Wildman–Crippen MR) is 72.7 cm³/mol. The molecule has 3 rings (SSSR count). The highest BCUT2D eigenvalue weighted by Crippen LogP contribution is 2.46. The van der Waals surface area contributed by atoms with E-state index in [1.165, 1.54) is 44.5 Å². The van der Waals surface area contributed by atoms with Gasteiger partial charge in [-0.25, -0.2) is 4.79 Å². The summed E-state index contributed by atoms with van der Waals surface area (Å²) in [4.78, 5) is 12.8. The van der Waals surface area contributed by atoms with Gasteiger partial charge in [0.15, 0.2) is 6.61 Å². The summed E-state index contributed by atoms with van der Waals surface area (Å²) in [7, 11) is 0. The molecule has 0 radical (unpaired) electrons. The third-order valence-electron chi connectivity index (χ3n) is 4.28. The summed E-state index contributed by atoms with van der Waals surface area (Å²) < 4.78 is 5.13. The Balaban J connectivity index is 1.56. The van der Waals surface area contributed by atoms with Crippen molar-refractivity contribution in [1.82, 2.24) is 0 Å². The van der Waals surface area contributed by atoms with Crippen LogP contribution in [0.3, 0.4) is 0 Å². The van der Waals surface area contributed by atoms with E-state index >= 15 is 0 Å². The minimum atomic E-state index is -0.949. The maximum atomic E-state index is 10.4. The third-order valence-corrected chi connectivity index (χ3v) is 4.28. The predicted octanol–water partition coefficient (Wildman–Crippen LogP) is 2.53. The van der Waals surface area contributed by atoms with Crippen molar-refractivity contribution in [1.29, 1.82) is 0 Å². The number of anilines is 1. The van der Waals surface area contributed by atoms with Gasteiger partial charge in [0.2, 0.25) is 0 Å². The maximum absolute atomic E-state index is 10.4. The Kier molecular flexibility index (Phi) is 3.09. The monoisotopic (exact) mass is 261 g/mol. The second kappa shape index (κ2) is 4.76. The van der Waals surface area contributed by atoms with E-state index in [-0.39, 0.29) is 6.61 Å². The van der Waals surface area contributed by atoms with Crippen LogP contribution < -0.4 is 9.64 Å². The molecule has 0 aromatic heterocycles. The molecule has 1 heterocycles. The molecule has 2 aliphatic rings. The van der Waals surface area contributed by atoms with Crippen LogP contribution in [0.1, 0.15) is 25.7 Å². The number of aliphatic carboxylic acids is 1. The average Bonchev–Trinajstić information content (AvgIpc) is 2.85. The summed E-state index contributed by atoms with van der Waals surface area (Å²) in [5.41, 5.74) is 1.80. The molecule has 1 saturated heterocycles. The largest absolute Gasteiger partial charge is 0.482 e. The van der Waals surface area contributed by atoms with Crippen molar-refractivity contribution in [3.05, 3.63) is 24.3 Å². The zero-order valence-electron chi connectivity index (χ0n) is 11.0. The molecule has 0 amide bonds. The van der Waals surface area contributed by atoms with Crippen LogP contribution in [0, 0.1) is 5.41 Å². The topological polar surface area (TPSA) is 49.8 Å². The number of hydrogen-bond donors (Lipinski definition) is 1. The van der Waals surface area contributed by atoms with E-state index in [9.17, 15) is 4.79 Å². The van der Waals surface area contributed by atoms with Crippen LogP contribution in [0.4, 0.5) is 5.69 Å². The second-order valence-corrected chi connectivity index (χ2v) is 5.74. The van der Waals surface area contributed by atoms with Crippen LogP contribution in [0.25, 0.3) is 0 Å². The van der Waals surface area contributed by atoms with Crippen LogP contribution >= 0.6 is 0 Å². The fourth-order valence-electron chi connectivity index (χ4n) is 3.29. The molecule has 0 unspecified atom stereocenters. The van der Waals surface area contributed by atoms with E-state index in [1.54, 1.807) is 0 Å². The molecule has 1 saturated carbocycles. The Morgan fingerprint density at radius 3 is 2.42 bits per heavy atom. The molecule has 1 aromatic carbocycles. The van der Waals surface area contributed by atoms with Gasteiger partial charge in [0.05, 0.1) is 0 Å². The van der Waals surface area contributed by atoms with Crippen molar-refractivity contribution in [2.24, 2.45) is 5.41 Å². The first kappa shape index (κ1) is 12.3. The van der Waals surface area contributed by atoms with E-state index in [2.05, 4.69) is 4.90 Å². The van der Waals surface area contributed by atoms with Gasteiger partial charge in [0.25, 0.3) is 0 Å². The van der Waals surface area contributed by atoms with Crippen LogP contribution in [-0.2, 0) is 4.79 Å². The van der Waals surface area contributed by atoms with E-state index in [1.807, 2.05) is 24.3 Å². The highest BCUT2D eigenvalue weighted by Gasteiger charge is 2.44. The van der Waals surface area contributed by atoms with Crippen LogP contribution in [0.15, 0.2) is 24.3 Å². The molecule has 1 N–H and O–H groups in total. The Labute approximate surface area is 113 Å². The SMILES string of the molecule is O=C(O)COc1ccc(N2CC3(CCCC3)C2)cc1. The molecular weight excluding hydrogens is 242 g/mol. The number of carboxylic acid groups (broad SMARTS) is 1. The van der Waals surface area contributed by atoms with Gasteiger partial charge in [-0.1, -0.05) is 12.8 Å². The molecule has 4 heteroatoms. The molecule has 1 aliphatic heterocycles. The standard InChI is InChI=1S/C15H19NO3/c17-14(18)9-19-13-5-3-12(4-6-13)16-10-15(11-16)7-1-2-8-15/h3-6H,1-2,7-11H2,(H,17,18). The van der Waals surface area contributed by atoms with Gasteiger partial charge in [-0.15, -0.1) is 0 Å². The van der Waals surface area contributed by atoms with Gasteiger partial charge in [0.1, 0.15) is 5.75 Å². The van der Waals surface area contributed by atoms with E-state index < -0.39 is 5.97 Å². The van der Waals surface area contributed by atoms with Crippen LogP contribution in [-0.4, -0.2) is 30.8 Å². The fourth-order valence-corrected chi connectivity index (χ4v) is 3.29. The van der Waals surface area contributed by atoms with Crippen molar-refractivity contribution in [3.8, 4) is 5.75 Å². The molecule has 1 spiro atoms. The molecule has 0 atom stereocenters. The molecule has 2 fully saturated rings. The number of hydrogen-bond acceptors (Lipinski definition) is 3. The third kappa shape index (κ3) is 2.53. The lowest BCUT2D eigenvalue weighted by molar-refractivity contribution is -0.139. The van der Waals surface area contributed by atoms with Crippen molar-refractivity contribution < 1.29 is 14.6 Å². The highest BCUT2D eigenvalue weighted by molar-refractivity contribution is 5.68. The zero-order chi connectivity index (χ0) is 13.3. The first-order valence-electron chi connectivity index (χ1n) is 6.87. The molecule has 1 aromatic rings. The number of nitrogens with zero attached hydrogens (tertiary/aromatic N) is 1. The van der Waals surface area contributed by atoms with Gasteiger partial charge in [-0.3, -0.25) is 0 Å². The first-order valence-corrected chi connectivity index (χ1v) is 6.87. The zero-order valence-corrected chi connectivity index (χ0v) is 11.0.